The van der Waals surface area contributed by atoms with Crippen molar-refractivity contribution in [1.29, 1.82) is 0 Å². The molecule has 172 valence electrons. The van der Waals surface area contributed by atoms with Crippen LogP contribution in [0.4, 0.5) is 5.13 Å². The van der Waals surface area contributed by atoms with Crippen LogP contribution < -0.4 is 11.1 Å². The van der Waals surface area contributed by atoms with Crippen LogP contribution in [0.25, 0.3) is 0 Å². The molecule has 14 heteroatoms. The number of amides is 2. The lowest BCUT2D eigenvalue weighted by Gasteiger charge is -2.49. The third kappa shape index (κ3) is 4.67. The Morgan fingerprint density at radius 1 is 1.39 bits per heavy atom. The molecule has 0 unspecified atom stereocenters. The molecule has 0 spiro atoms. The number of oxime groups is 1. The second-order valence-electron chi connectivity index (χ2n) is 6.88. The molecule has 4 rings (SSSR count). The van der Waals surface area contributed by atoms with E-state index in [2.05, 4.69) is 20.4 Å². The smallest absolute Gasteiger partial charge is 0.353 e. The summed E-state index contributed by atoms with van der Waals surface area (Å²) in [5, 5.41) is 25.6. The molecule has 4 heterocycles. The molecule has 5 N–H and O–H groups in total. The summed E-state index contributed by atoms with van der Waals surface area (Å²) < 4.78 is 0. The van der Waals surface area contributed by atoms with Crippen molar-refractivity contribution in [3.63, 3.8) is 0 Å². The van der Waals surface area contributed by atoms with Crippen LogP contribution in [0.15, 0.2) is 45.5 Å². The van der Waals surface area contributed by atoms with Crippen LogP contribution in [0.3, 0.4) is 0 Å². The van der Waals surface area contributed by atoms with Crippen molar-refractivity contribution in [1.82, 2.24) is 20.2 Å². The van der Waals surface area contributed by atoms with Crippen LogP contribution in [0, 0.1) is 0 Å². The molecule has 0 saturated carbocycles. The molecule has 2 aliphatic rings. The van der Waals surface area contributed by atoms with Crippen LogP contribution >= 0.6 is 34.9 Å². The zero-order valence-electron chi connectivity index (χ0n) is 16.9. The highest BCUT2D eigenvalue weighted by atomic mass is 32.2. The van der Waals surface area contributed by atoms with Gasteiger partial charge in [-0.05, 0) is 18.6 Å². The number of hydrogen-bond acceptors (Lipinski definition) is 11. The Morgan fingerprint density at radius 2 is 2.21 bits per heavy atom. The van der Waals surface area contributed by atoms with Gasteiger partial charge >= 0.3 is 5.97 Å². The molecule has 0 bridgehead atoms. The Morgan fingerprint density at radius 3 is 2.85 bits per heavy atom. The van der Waals surface area contributed by atoms with Gasteiger partial charge in [-0.15, -0.1) is 34.9 Å². The number of thioether (sulfide) groups is 2. The molecule has 2 atom stereocenters. The number of carboxylic acid groups (broad SMARTS) is 1. The summed E-state index contributed by atoms with van der Waals surface area (Å²) in [5.74, 6) is -1.55. The Hall–Kier alpha value is -3.10. The molecule has 11 nitrogen and oxygen atoms in total. The minimum absolute atomic E-state index is 0.0661. The van der Waals surface area contributed by atoms with E-state index < -0.39 is 29.2 Å². The molecule has 1 saturated heterocycles. The maximum absolute atomic E-state index is 12.8. The van der Waals surface area contributed by atoms with Crippen molar-refractivity contribution in [3.05, 3.63) is 51.8 Å². The number of β-lactam (4-membered cyclic amide) rings is 1. The monoisotopic (exact) mass is 506 g/mol. The highest BCUT2D eigenvalue weighted by Crippen LogP contribution is 2.43. The number of aryl methyl sites for hydroxylation is 1. The summed E-state index contributed by atoms with van der Waals surface area (Å²) in [7, 11) is 0. The number of thiazole rings is 1. The Balaban J connectivity index is 1.44. The number of carbonyl (C=O) groups excluding carboxylic acids is 2. The van der Waals surface area contributed by atoms with Crippen molar-refractivity contribution in [2.24, 2.45) is 5.16 Å². The number of anilines is 1. The van der Waals surface area contributed by atoms with Crippen LogP contribution in [-0.4, -0.2) is 71.6 Å². The van der Waals surface area contributed by atoms with Crippen molar-refractivity contribution < 1.29 is 24.7 Å². The van der Waals surface area contributed by atoms with Crippen molar-refractivity contribution in [2.75, 3.05) is 17.2 Å². The fourth-order valence-corrected chi connectivity index (χ4v) is 6.50. The lowest BCUT2D eigenvalue weighted by molar-refractivity contribution is -0.150. The van der Waals surface area contributed by atoms with Gasteiger partial charge in [0.05, 0.1) is 0 Å². The molecule has 0 aliphatic carbocycles. The topological polar surface area (TPSA) is 171 Å². The Labute approximate surface area is 200 Å². The lowest BCUT2D eigenvalue weighted by Crippen LogP contribution is -2.71. The van der Waals surface area contributed by atoms with Gasteiger partial charge in [0.25, 0.3) is 11.8 Å². The van der Waals surface area contributed by atoms with Gasteiger partial charge in [-0.2, -0.15) is 0 Å². The van der Waals surface area contributed by atoms with E-state index in [1.54, 1.807) is 6.20 Å². The molecule has 1 fully saturated rings. The van der Waals surface area contributed by atoms with Gasteiger partial charge in [0.2, 0.25) is 0 Å². The van der Waals surface area contributed by atoms with E-state index in [4.69, 9.17) is 5.73 Å². The molecule has 0 radical (unpaired) electrons. The summed E-state index contributed by atoms with van der Waals surface area (Å²) in [5.41, 5.74) is 6.08. The predicted octanol–water partition coefficient (Wildman–Crippen LogP) is 0.971. The largest absolute Gasteiger partial charge is 0.477 e. The van der Waals surface area contributed by atoms with Gasteiger partial charge in [-0.3, -0.25) is 19.5 Å². The first kappa shape index (κ1) is 23.1. The van der Waals surface area contributed by atoms with E-state index in [9.17, 15) is 24.7 Å². The number of aromatic nitrogens is 2. The second kappa shape index (κ2) is 9.80. The van der Waals surface area contributed by atoms with Crippen LogP contribution in [-0.2, 0) is 20.8 Å². The first-order chi connectivity index (χ1) is 15.9. The maximum Gasteiger partial charge on any atom is 0.353 e. The number of pyridine rings is 1. The SMILES string of the molecule is Nc1nc(/C(=N/O)C(=O)N[C@@H]2C(=O)N3C(C(=O)O)=C(SCCc4ccccn4)CS[C@H]23)cs1. The molecule has 2 amide bonds. The average molecular weight is 507 g/mol. The predicted molar refractivity (Wildman–Crippen MR) is 125 cm³/mol. The molecule has 33 heavy (non-hydrogen) atoms. The highest BCUT2D eigenvalue weighted by Gasteiger charge is 2.54. The molecule has 0 aromatic carbocycles. The number of carbonyl (C=O) groups is 3. The normalized spacial score (nSPS) is 20.3. The van der Waals surface area contributed by atoms with E-state index in [1.807, 2.05) is 18.2 Å². The molecule has 2 aromatic rings. The number of nitrogens with zero attached hydrogens (tertiary/aromatic N) is 4. The van der Waals surface area contributed by atoms with E-state index >= 15 is 0 Å². The molecular formula is C19H18N6O5S3. The van der Waals surface area contributed by atoms with Crippen molar-refractivity contribution in [3.8, 4) is 0 Å². The quantitative estimate of drug-likeness (QED) is 0.175. The molecule has 2 aliphatic heterocycles. The molecule has 2 aromatic heterocycles. The third-order valence-electron chi connectivity index (χ3n) is 4.86. The van der Waals surface area contributed by atoms with Gasteiger partial charge in [-0.25, -0.2) is 9.78 Å². The number of nitrogens with two attached hydrogens (primary N) is 1. The first-order valence-electron chi connectivity index (χ1n) is 9.58. The summed E-state index contributed by atoms with van der Waals surface area (Å²) in [6, 6.07) is 4.66. The van der Waals surface area contributed by atoms with Gasteiger partial charge in [0, 0.05) is 33.7 Å². The number of fused-ring (bicyclic) bond motifs is 1. The van der Waals surface area contributed by atoms with E-state index in [1.165, 1.54) is 33.8 Å². The number of aliphatic carboxylic acids is 1. The summed E-state index contributed by atoms with van der Waals surface area (Å²) in [6.45, 7) is 0. The van der Waals surface area contributed by atoms with E-state index in [0.29, 0.717) is 22.8 Å². The third-order valence-corrected chi connectivity index (χ3v) is 8.09. The van der Waals surface area contributed by atoms with E-state index in [0.717, 1.165) is 17.0 Å². The summed E-state index contributed by atoms with van der Waals surface area (Å²) >= 11 is 3.81. The van der Waals surface area contributed by atoms with Gasteiger partial charge in [0.1, 0.15) is 22.8 Å². The minimum atomic E-state index is -1.20. The minimum Gasteiger partial charge on any atom is -0.477 e. The lowest BCUT2D eigenvalue weighted by atomic mass is 10.0. The van der Waals surface area contributed by atoms with Crippen LogP contribution in [0.2, 0.25) is 0 Å². The van der Waals surface area contributed by atoms with Crippen molar-refractivity contribution >= 4 is 63.5 Å². The summed E-state index contributed by atoms with van der Waals surface area (Å²) in [6.07, 6.45) is 2.36. The molecular weight excluding hydrogens is 488 g/mol. The first-order valence-corrected chi connectivity index (χ1v) is 12.5. The van der Waals surface area contributed by atoms with Crippen LogP contribution in [0.1, 0.15) is 11.4 Å². The van der Waals surface area contributed by atoms with Crippen LogP contribution in [0.5, 0.6) is 0 Å². The number of hydrogen-bond donors (Lipinski definition) is 4. The van der Waals surface area contributed by atoms with Gasteiger partial charge in [-0.1, -0.05) is 11.2 Å². The zero-order chi connectivity index (χ0) is 23.5. The standard InChI is InChI=1S/C19H18N6O5S3/c20-19-22-10(7-33-19)12(24-30)15(26)23-13-16(27)25-14(18(28)29)11(8-32-17(13)25)31-6-4-9-3-1-2-5-21-9/h1-3,5,7,13,17,30H,4,6,8H2,(H2,20,22)(H,23,26)(H,28,29)/b24-12-/t13-,17-/m1/s1. The van der Waals surface area contributed by atoms with Gasteiger partial charge in [0.15, 0.2) is 10.8 Å². The zero-order valence-corrected chi connectivity index (χ0v) is 19.3. The fourth-order valence-electron chi connectivity index (χ4n) is 3.35. The van der Waals surface area contributed by atoms with Crippen molar-refractivity contribution in [2.45, 2.75) is 17.8 Å². The van der Waals surface area contributed by atoms with E-state index in [-0.39, 0.29) is 22.2 Å². The Bertz CT molecular complexity index is 1150. The average Bonchev–Trinajstić information content (AvgIpc) is 3.23. The summed E-state index contributed by atoms with van der Waals surface area (Å²) in [4.78, 5) is 47.3. The highest BCUT2D eigenvalue weighted by molar-refractivity contribution is 8.06. The fraction of sp³-hybridized carbons (Fsp3) is 0.263. The number of rotatable bonds is 8. The van der Waals surface area contributed by atoms with Gasteiger partial charge < -0.3 is 21.4 Å². The number of nitrogens with one attached hydrogen (secondary N) is 1. The Kier molecular flexibility index (Phi) is 6.85. The number of nitrogen functional groups attached to an aromatic ring is 1. The maximum atomic E-state index is 12.8. The number of carboxylic acids is 1. The second-order valence-corrected chi connectivity index (χ2v) is 10.1.